The third-order valence-corrected chi connectivity index (χ3v) is 8.45. The number of carbonyl (C=O) groups excluding carboxylic acids is 1. The van der Waals surface area contributed by atoms with Crippen molar-refractivity contribution in [2.24, 2.45) is 0 Å². The van der Waals surface area contributed by atoms with Crippen LogP contribution in [0.3, 0.4) is 0 Å². The van der Waals surface area contributed by atoms with E-state index < -0.39 is 9.84 Å². The van der Waals surface area contributed by atoms with Gasteiger partial charge in [0, 0.05) is 31.1 Å². The first-order valence-corrected chi connectivity index (χ1v) is 13.4. The average Bonchev–Trinajstić information content (AvgIpc) is 3.12. The highest BCUT2D eigenvalue weighted by Crippen LogP contribution is 2.27. The molecule has 2 aliphatic rings. The zero-order valence-electron chi connectivity index (χ0n) is 17.7. The predicted octanol–water partition coefficient (Wildman–Crippen LogP) is 1.59. The number of thioether (sulfide) groups is 1. The summed E-state index contributed by atoms with van der Waals surface area (Å²) in [4.78, 5) is 26.4. The molecule has 1 unspecified atom stereocenters. The molecule has 0 saturated carbocycles. The molecule has 2 aromatic rings. The fourth-order valence-corrected chi connectivity index (χ4v) is 6.76. The van der Waals surface area contributed by atoms with Crippen LogP contribution in [-0.2, 0) is 25.9 Å². The highest BCUT2D eigenvalue weighted by molar-refractivity contribution is 8.00. The van der Waals surface area contributed by atoms with Crippen molar-refractivity contribution in [1.29, 1.82) is 0 Å². The van der Waals surface area contributed by atoms with Gasteiger partial charge >= 0.3 is 0 Å². The Morgan fingerprint density at radius 2 is 2.03 bits per heavy atom. The fraction of sp³-hybridized carbons (Fsp3) is 0.571. The number of rotatable bonds is 7. The smallest absolute Gasteiger partial charge is 0.233 e. The van der Waals surface area contributed by atoms with E-state index >= 15 is 0 Å². The van der Waals surface area contributed by atoms with Gasteiger partial charge in [-0.1, -0.05) is 30.0 Å². The first-order chi connectivity index (χ1) is 14.9. The maximum absolute atomic E-state index is 12.9. The number of benzene rings is 1. The number of amides is 1. The largest absolute Gasteiger partial charge is 0.379 e. The van der Waals surface area contributed by atoms with Gasteiger partial charge in [0.15, 0.2) is 9.84 Å². The Kier molecular flexibility index (Phi) is 7.10. The van der Waals surface area contributed by atoms with Gasteiger partial charge in [-0.15, -0.1) is 0 Å². The summed E-state index contributed by atoms with van der Waals surface area (Å²) in [5.74, 6) is 1.15. The number of fused-ring (bicyclic) bond motifs is 1. The van der Waals surface area contributed by atoms with Crippen LogP contribution in [0.25, 0.3) is 10.9 Å². The van der Waals surface area contributed by atoms with E-state index in [1.165, 1.54) is 11.8 Å². The highest BCUT2D eigenvalue weighted by Gasteiger charge is 2.33. The molecule has 0 bridgehead atoms. The molecule has 0 aliphatic carbocycles. The van der Waals surface area contributed by atoms with E-state index in [-0.39, 0.29) is 29.2 Å². The van der Waals surface area contributed by atoms with Crippen LogP contribution in [0.1, 0.15) is 19.2 Å². The van der Waals surface area contributed by atoms with Crippen molar-refractivity contribution in [1.82, 2.24) is 19.8 Å². The van der Waals surface area contributed by atoms with Crippen molar-refractivity contribution in [3.05, 3.63) is 30.1 Å². The van der Waals surface area contributed by atoms with Gasteiger partial charge in [0.05, 0.1) is 42.5 Å². The molecular weight excluding hydrogens is 436 g/mol. The zero-order chi connectivity index (χ0) is 21.8. The topological polar surface area (TPSA) is 92.7 Å². The van der Waals surface area contributed by atoms with Gasteiger partial charge < -0.3 is 9.64 Å². The molecule has 2 saturated heterocycles. The van der Waals surface area contributed by atoms with Gasteiger partial charge in [0.25, 0.3) is 0 Å². The first kappa shape index (κ1) is 22.4. The number of hydrogen-bond acceptors (Lipinski definition) is 8. The second-order valence-electron chi connectivity index (χ2n) is 7.88. The standard InChI is InChI=1S/C21H28N4O4S2/c1-2-25(16-7-12-31(27,28)15-16)20(26)14-30-21-17-5-3-4-6-18(17)22-19(23-21)13-24-8-10-29-11-9-24/h3-6,16H,2,7-15H2,1H3. The van der Waals surface area contributed by atoms with E-state index in [0.717, 1.165) is 34.8 Å². The number of para-hydroxylation sites is 1. The molecule has 8 nitrogen and oxygen atoms in total. The van der Waals surface area contributed by atoms with Crippen LogP contribution in [0.4, 0.5) is 0 Å². The Labute approximate surface area is 187 Å². The summed E-state index contributed by atoms with van der Waals surface area (Å²) in [6.45, 7) is 6.19. The lowest BCUT2D eigenvalue weighted by Crippen LogP contribution is -2.41. The normalized spacial score (nSPS) is 21.4. The van der Waals surface area contributed by atoms with Crippen molar-refractivity contribution in [3.63, 3.8) is 0 Å². The summed E-state index contributed by atoms with van der Waals surface area (Å²) in [5.41, 5.74) is 0.866. The molecule has 1 amide bonds. The number of carbonyl (C=O) groups is 1. The maximum Gasteiger partial charge on any atom is 0.233 e. The monoisotopic (exact) mass is 464 g/mol. The van der Waals surface area contributed by atoms with Gasteiger partial charge in [0.2, 0.25) is 5.91 Å². The van der Waals surface area contributed by atoms with Gasteiger partial charge in [-0.2, -0.15) is 0 Å². The zero-order valence-corrected chi connectivity index (χ0v) is 19.3. The molecule has 0 spiro atoms. The SMILES string of the molecule is CCN(C(=O)CSc1nc(CN2CCOCC2)nc2ccccc12)C1CCS(=O)(=O)C1. The molecule has 10 heteroatoms. The van der Waals surface area contributed by atoms with E-state index in [4.69, 9.17) is 14.7 Å². The van der Waals surface area contributed by atoms with Crippen molar-refractivity contribution < 1.29 is 17.9 Å². The number of aromatic nitrogens is 2. The number of hydrogen-bond donors (Lipinski definition) is 0. The molecule has 31 heavy (non-hydrogen) atoms. The number of morpholine rings is 1. The molecule has 2 fully saturated rings. The lowest BCUT2D eigenvalue weighted by molar-refractivity contribution is -0.129. The number of ether oxygens (including phenoxy) is 1. The highest BCUT2D eigenvalue weighted by atomic mass is 32.2. The van der Waals surface area contributed by atoms with Crippen LogP contribution in [0, 0.1) is 0 Å². The second-order valence-corrected chi connectivity index (χ2v) is 11.1. The van der Waals surface area contributed by atoms with Crippen molar-refractivity contribution >= 4 is 38.4 Å². The molecule has 0 N–H and O–H groups in total. The second kappa shape index (κ2) is 9.81. The third kappa shape index (κ3) is 5.54. The van der Waals surface area contributed by atoms with Gasteiger partial charge in [-0.05, 0) is 19.4 Å². The molecule has 3 heterocycles. The lowest BCUT2D eigenvalue weighted by Gasteiger charge is -2.27. The summed E-state index contributed by atoms with van der Waals surface area (Å²) in [7, 11) is -3.03. The minimum Gasteiger partial charge on any atom is -0.379 e. The summed E-state index contributed by atoms with van der Waals surface area (Å²) in [5, 5.41) is 1.72. The van der Waals surface area contributed by atoms with Crippen LogP contribution < -0.4 is 0 Å². The Hall–Kier alpha value is -1.75. The van der Waals surface area contributed by atoms with E-state index in [1.807, 2.05) is 31.2 Å². The number of sulfone groups is 1. The maximum atomic E-state index is 12.9. The molecule has 1 aromatic heterocycles. The molecule has 168 valence electrons. The van der Waals surface area contributed by atoms with Gasteiger partial charge in [0.1, 0.15) is 10.9 Å². The molecule has 4 rings (SSSR count). The van der Waals surface area contributed by atoms with Crippen molar-refractivity contribution in [2.45, 2.75) is 31.0 Å². The Morgan fingerprint density at radius 1 is 1.26 bits per heavy atom. The average molecular weight is 465 g/mol. The Morgan fingerprint density at radius 3 is 2.74 bits per heavy atom. The van der Waals surface area contributed by atoms with E-state index in [2.05, 4.69) is 4.90 Å². The van der Waals surface area contributed by atoms with E-state index in [0.29, 0.717) is 32.7 Å². The predicted molar refractivity (Wildman–Crippen MR) is 121 cm³/mol. The quantitative estimate of drug-likeness (QED) is 0.451. The summed E-state index contributed by atoms with van der Waals surface area (Å²) in [6, 6.07) is 7.62. The van der Waals surface area contributed by atoms with Gasteiger partial charge in [-0.25, -0.2) is 18.4 Å². The van der Waals surface area contributed by atoms with Crippen LogP contribution in [0.2, 0.25) is 0 Å². The molecule has 0 radical (unpaired) electrons. The van der Waals surface area contributed by atoms with E-state index in [1.54, 1.807) is 4.90 Å². The van der Waals surface area contributed by atoms with Crippen LogP contribution in [0.5, 0.6) is 0 Å². The molecule has 2 aliphatic heterocycles. The Balaban J connectivity index is 1.49. The Bertz CT molecular complexity index is 1040. The fourth-order valence-electron chi connectivity index (χ4n) is 4.11. The van der Waals surface area contributed by atoms with Crippen molar-refractivity contribution in [3.8, 4) is 0 Å². The van der Waals surface area contributed by atoms with Crippen LogP contribution in [-0.4, -0.2) is 90.2 Å². The van der Waals surface area contributed by atoms with Crippen LogP contribution in [0.15, 0.2) is 29.3 Å². The van der Waals surface area contributed by atoms with Crippen molar-refractivity contribution in [2.75, 3.05) is 50.1 Å². The summed E-state index contributed by atoms with van der Waals surface area (Å²) in [6.07, 6.45) is 0.521. The summed E-state index contributed by atoms with van der Waals surface area (Å²) < 4.78 is 29.1. The first-order valence-electron chi connectivity index (χ1n) is 10.6. The molecule has 1 atom stereocenters. The molecular formula is C21H28N4O4S2. The van der Waals surface area contributed by atoms with Crippen LogP contribution >= 0.6 is 11.8 Å². The van der Waals surface area contributed by atoms with E-state index in [9.17, 15) is 13.2 Å². The molecule has 1 aromatic carbocycles. The summed E-state index contributed by atoms with van der Waals surface area (Å²) >= 11 is 1.40. The number of nitrogens with zero attached hydrogens (tertiary/aromatic N) is 4. The minimum atomic E-state index is -3.03. The third-order valence-electron chi connectivity index (χ3n) is 5.73. The lowest BCUT2D eigenvalue weighted by atomic mass is 10.2. The minimum absolute atomic E-state index is 0.0491. The van der Waals surface area contributed by atoms with Gasteiger partial charge in [-0.3, -0.25) is 9.69 Å².